The van der Waals surface area contributed by atoms with Gasteiger partial charge in [-0.25, -0.2) is 9.38 Å². The van der Waals surface area contributed by atoms with Crippen molar-refractivity contribution in [2.75, 3.05) is 31.2 Å². The van der Waals surface area contributed by atoms with Crippen molar-refractivity contribution in [1.29, 1.82) is 0 Å². The average molecular weight is 369 g/mol. The van der Waals surface area contributed by atoms with Crippen LogP contribution < -0.4 is 10.6 Å². The number of ether oxygens (including phenoxy) is 1. The fourth-order valence-corrected chi connectivity index (χ4v) is 4.05. The molecule has 4 nitrogen and oxygen atoms in total. The molecule has 0 aromatic heterocycles. The van der Waals surface area contributed by atoms with Crippen molar-refractivity contribution >= 4 is 28.3 Å². The summed E-state index contributed by atoms with van der Waals surface area (Å²) in [5, 5.41) is 0.450. The van der Waals surface area contributed by atoms with Gasteiger partial charge in [-0.3, -0.25) is 0 Å². The van der Waals surface area contributed by atoms with Gasteiger partial charge in [0.15, 0.2) is 5.17 Å². The molecule has 0 spiro atoms. The van der Waals surface area contributed by atoms with Gasteiger partial charge in [0.25, 0.3) is 0 Å². The number of hydrogen-bond donors (Lipinski definition) is 1. The summed E-state index contributed by atoms with van der Waals surface area (Å²) in [6.07, 6.45) is 2.04. The Kier molecular flexibility index (Phi) is 4.95. The van der Waals surface area contributed by atoms with E-state index in [1.165, 1.54) is 23.5 Å². The first-order chi connectivity index (χ1) is 12.7. The molecule has 0 aliphatic carbocycles. The number of aliphatic imine (C=N–C) groups is 1. The van der Waals surface area contributed by atoms with Gasteiger partial charge in [0, 0.05) is 24.3 Å². The Morgan fingerprint density at radius 2 is 1.88 bits per heavy atom. The Morgan fingerprint density at radius 1 is 1.12 bits per heavy atom. The number of hydrogen-bond acceptors (Lipinski definition) is 5. The second-order valence-corrected chi connectivity index (χ2v) is 7.40. The molecule has 2 heterocycles. The van der Waals surface area contributed by atoms with Gasteiger partial charge in [-0.05, 0) is 35.9 Å². The SMILES string of the molecule is NC1=NC(c2ccc(N3CCOCC3)cc2)=CC(c2cccc(F)c2)S1. The first-order valence-corrected chi connectivity index (χ1v) is 9.48. The summed E-state index contributed by atoms with van der Waals surface area (Å²) in [6.45, 7) is 3.34. The number of thioether (sulfide) groups is 1. The first kappa shape index (κ1) is 17.1. The maximum Gasteiger partial charge on any atom is 0.160 e. The molecule has 1 atom stereocenters. The van der Waals surface area contributed by atoms with Gasteiger partial charge in [0.2, 0.25) is 0 Å². The normalized spacial score (nSPS) is 20.5. The molecule has 2 N–H and O–H groups in total. The van der Waals surface area contributed by atoms with E-state index in [9.17, 15) is 4.39 Å². The zero-order chi connectivity index (χ0) is 17.9. The fraction of sp³-hybridized carbons (Fsp3) is 0.250. The number of halogens is 1. The molecule has 1 unspecified atom stereocenters. The Hall–Kier alpha value is -2.31. The molecule has 2 aromatic carbocycles. The van der Waals surface area contributed by atoms with Crippen LogP contribution in [0, 0.1) is 5.82 Å². The molecular formula is C20H20FN3OS. The van der Waals surface area contributed by atoms with E-state index in [1.54, 1.807) is 12.1 Å². The molecular weight excluding hydrogens is 349 g/mol. The van der Waals surface area contributed by atoms with Crippen molar-refractivity contribution in [3.63, 3.8) is 0 Å². The molecule has 1 saturated heterocycles. The van der Waals surface area contributed by atoms with Gasteiger partial charge >= 0.3 is 0 Å². The summed E-state index contributed by atoms with van der Waals surface area (Å²) in [7, 11) is 0. The molecule has 4 rings (SSSR count). The van der Waals surface area contributed by atoms with E-state index in [2.05, 4.69) is 34.2 Å². The number of nitrogens with zero attached hydrogens (tertiary/aromatic N) is 2. The number of rotatable bonds is 3. The fourth-order valence-electron chi connectivity index (χ4n) is 3.16. The highest BCUT2D eigenvalue weighted by Crippen LogP contribution is 2.38. The van der Waals surface area contributed by atoms with Crippen LogP contribution in [0.4, 0.5) is 10.1 Å². The van der Waals surface area contributed by atoms with Crippen molar-refractivity contribution in [2.45, 2.75) is 5.25 Å². The summed E-state index contributed by atoms with van der Waals surface area (Å²) in [6, 6.07) is 15.0. The Morgan fingerprint density at radius 3 is 2.62 bits per heavy atom. The second-order valence-electron chi connectivity index (χ2n) is 6.24. The molecule has 134 valence electrons. The molecule has 2 aliphatic rings. The molecule has 2 aromatic rings. The summed E-state index contributed by atoms with van der Waals surface area (Å²) < 4.78 is 19.0. The van der Waals surface area contributed by atoms with E-state index in [0.717, 1.165) is 43.1 Å². The predicted molar refractivity (Wildman–Crippen MR) is 106 cm³/mol. The average Bonchev–Trinajstić information content (AvgIpc) is 2.68. The lowest BCUT2D eigenvalue weighted by Gasteiger charge is -2.29. The molecule has 0 saturated carbocycles. The lowest BCUT2D eigenvalue weighted by Crippen LogP contribution is -2.36. The third-order valence-electron chi connectivity index (χ3n) is 4.50. The lowest BCUT2D eigenvalue weighted by molar-refractivity contribution is 0.122. The summed E-state index contributed by atoms with van der Waals surface area (Å²) in [4.78, 5) is 6.80. The summed E-state index contributed by atoms with van der Waals surface area (Å²) in [5.74, 6) is -0.242. The Balaban J connectivity index is 1.59. The highest BCUT2D eigenvalue weighted by Gasteiger charge is 2.19. The topological polar surface area (TPSA) is 50.8 Å². The van der Waals surface area contributed by atoms with E-state index >= 15 is 0 Å². The minimum Gasteiger partial charge on any atom is -0.378 e. The molecule has 26 heavy (non-hydrogen) atoms. The minimum atomic E-state index is -0.242. The zero-order valence-electron chi connectivity index (χ0n) is 14.3. The van der Waals surface area contributed by atoms with Crippen LogP contribution in [-0.4, -0.2) is 31.5 Å². The van der Waals surface area contributed by atoms with Crippen molar-refractivity contribution in [2.24, 2.45) is 10.7 Å². The number of anilines is 1. The summed E-state index contributed by atoms with van der Waals surface area (Å²) >= 11 is 1.44. The van der Waals surface area contributed by atoms with Gasteiger partial charge < -0.3 is 15.4 Å². The summed E-state index contributed by atoms with van der Waals surface area (Å²) in [5.41, 5.74) is 9.93. The van der Waals surface area contributed by atoms with Crippen LogP contribution in [0.5, 0.6) is 0 Å². The largest absolute Gasteiger partial charge is 0.378 e. The molecule has 0 bridgehead atoms. The van der Waals surface area contributed by atoms with Crippen LogP contribution in [-0.2, 0) is 4.74 Å². The van der Waals surface area contributed by atoms with Crippen molar-refractivity contribution in [3.8, 4) is 0 Å². The minimum absolute atomic E-state index is 0.0443. The number of benzene rings is 2. The van der Waals surface area contributed by atoms with Crippen LogP contribution in [0.2, 0.25) is 0 Å². The number of nitrogens with two attached hydrogens (primary N) is 1. The molecule has 1 fully saturated rings. The Labute approximate surface area is 156 Å². The zero-order valence-corrected chi connectivity index (χ0v) is 15.1. The molecule has 0 radical (unpaired) electrons. The van der Waals surface area contributed by atoms with Crippen molar-refractivity contribution in [1.82, 2.24) is 0 Å². The first-order valence-electron chi connectivity index (χ1n) is 8.60. The van der Waals surface area contributed by atoms with E-state index in [0.29, 0.717) is 5.17 Å². The van der Waals surface area contributed by atoms with Gasteiger partial charge in [-0.1, -0.05) is 36.0 Å². The highest BCUT2D eigenvalue weighted by molar-refractivity contribution is 8.14. The van der Waals surface area contributed by atoms with Gasteiger partial charge in [0.05, 0.1) is 24.2 Å². The number of amidine groups is 1. The van der Waals surface area contributed by atoms with E-state index < -0.39 is 0 Å². The molecule has 0 amide bonds. The van der Waals surface area contributed by atoms with Crippen molar-refractivity contribution < 1.29 is 9.13 Å². The van der Waals surface area contributed by atoms with Crippen LogP contribution in [0.25, 0.3) is 5.70 Å². The van der Waals surface area contributed by atoms with Gasteiger partial charge in [0.1, 0.15) is 5.82 Å². The maximum atomic E-state index is 13.6. The maximum absolute atomic E-state index is 13.6. The quantitative estimate of drug-likeness (QED) is 0.894. The van der Waals surface area contributed by atoms with Crippen LogP contribution in [0.3, 0.4) is 0 Å². The standard InChI is InChI=1S/C20H20FN3OS/c21-16-3-1-2-15(12-16)19-13-18(23-20(22)26-19)14-4-6-17(7-5-14)24-8-10-25-11-9-24/h1-7,12-13,19H,8-11H2,(H2,22,23). The third-order valence-corrected chi connectivity index (χ3v) is 5.50. The monoisotopic (exact) mass is 369 g/mol. The lowest BCUT2D eigenvalue weighted by atomic mass is 10.1. The van der Waals surface area contributed by atoms with Gasteiger partial charge in [-0.2, -0.15) is 0 Å². The smallest absolute Gasteiger partial charge is 0.160 e. The van der Waals surface area contributed by atoms with E-state index in [4.69, 9.17) is 10.5 Å². The highest BCUT2D eigenvalue weighted by atomic mass is 32.2. The molecule has 6 heteroatoms. The van der Waals surface area contributed by atoms with Crippen LogP contribution in [0.1, 0.15) is 16.4 Å². The predicted octanol–water partition coefficient (Wildman–Crippen LogP) is 3.81. The second kappa shape index (κ2) is 7.51. The number of morpholine rings is 1. The Bertz CT molecular complexity index is 844. The van der Waals surface area contributed by atoms with Crippen LogP contribution in [0.15, 0.2) is 59.6 Å². The molecule has 2 aliphatic heterocycles. The van der Waals surface area contributed by atoms with E-state index in [-0.39, 0.29) is 11.1 Å². The van der Waals surface area contributed by atoms with E-state index in [1.807, 2.05) is 12.1 Å². The third kappa shape index (κ3) is 3.76. The van der Waals surface area contributed by atoms with Crippen LogP contribution >= 0.6 is 11.8 Å². The van der Waals surface area contributed by atoms with Gasteiger partial charge in [-0.15, -0.1) is 0 Å². The van der Waals surface area contributed by atoms with Crippen molar-refractivity contribution in [3.05, 3.63) is 71.6 Å².